The van der Waals surface area contributed by atoms with Crippen molar-refractivity contribution in [1.82, 2.24) is 4.98 Å². The second kappa shape index (κ2) is 6.14. The molecule has 0 aliphatic heterocycles. The zero-order valence-electron chi connectivity index (χ0n) is 15.2. The number of aromatic nitrogens is 1. The van der Waals surface area contributed by atoms with Crippen LogP contribution in [0.1, 0.15) is 81.0 Å². The van der Waals surface area contributed by atoms with Gasteiger partial charge in [-0.3, -0.25) is 0 Å². The Morgan fingerprint density at radius 1 is 1.17 bits per heavy atom. The first-order valence-electron chi connectivity index (χ1n) is 8.92. The molecule has 124 valence electrons. The van der Waals surface area contributed by atoms with Crippen LogP contribution in [-0.4, -0.2) is 4.98 Å². The third-order valence-corrected chi connectivity index (χ3v) is 5.55. The summed E-state index contributed by atoms with van der Waals surface area (Å²) < 4.78 is 5.76. The van der Waals surface area contributed by atoms with Gasteiger partial charge in [0.25, 0.3) is 0 Å². The molecule has 0 spiro atoms. The lowest BCUT2D eigenvalue weighted by molar-refractivity contribution is 0.346. The third-order valence-electron chi connectivity index (χ3n) is 5.55. The summed E-state index contributed by atoms with van der Waals surface area (Å²) >= 11 is 0. The first-order chi connectivity index (χ1) is 10.9. The topological polar surface area (TPSA) is 26.0 Å². The van der Waals surface area contributed by atoms with Gasteiger partial charge < -0.3 is 4.42 Å². The van der Waals surface area contributed by atoms with Crippen LogP contribution in [0.3, 0.4) is 0 Å². The number of aryl methyl sites for hydroxylation is 1. The van der Waals surface area contributed by atoms with E-state index in [9.17, 15) is 0 Å². The van der Waals surface area contributed by atoms with Gasteiger partial charge in [0.1, 0.15) is 5.52 Å². The number of nitrogens with zero attached hydrogens (tertiary/aromatic N) is 1. The molecular formula is C21H29NO. The van der Waals surface area contributed by atoms with Crippen molar-refractivity contribution >= 4 is 11.1 Å². The third kappa shape index (κ3) is 2.73. The van der Waals surface area contributed by atoms with Gasteiger partial charge in [-0.1, -0.05) is 19.4 Å². The molecule has 0 N–H and O–H groups in total. The largest absolute Gasteiger partial charge is 0.443 e. The van der Waals surface area contributed by atoms with Gasteiger partial charge in [-0.05, 0) is 80.9 Å². The molecule has 2 aliphatic rings. The van der Waals surface area contributed by atoms with Crippen molar-refractivity contribution in [3.8, 4) is 0 Å². The van der Waals surface area contributed by atoms with Crippen molar-refractivity contribution in [2.75, 3.05) is 0 Å². The molecule has 2 nitrogen and oxygen atoms in total. The van der Waals surface area contributed by atoms with Gasteiger partial charge >= 0.3 is 0 Å². The molecule has 0 radical (unpaired) electrons. The van der Waals surface area contributed by atoms with E-state index in [2.05, 4.69) is 32.3 Å². The fourth-order valence-electron chi connectivity index (χ4n) is 4.43. The smallest absolute Gasteiger partial charge is 0.182 e. The molecule has 2 aliphatic carbocycles. The van der Waals surface area contributed by atoms with Crippen molar-refractivity contribution in [3.05, 3.63) is 40.8 Å². The molecule has 0 saturated carbocycles. The van der Waals surface area contributed by atoms with E-state index < -0.39 is 0 Å². The van der Waals surface area contributed by atoms with E-state index in [1.165, 1.54) is 42.4 Å². The number of allylic oxidation sites excluding steroid dienone is 1. The highest BCUT2D eigenvalue weighted by Gasteiger charge is 2.37. The van der Waals surface area contributed by atoms with Crippen LogP contribution in [0.4, 0.5) is 0 Å². The summed E-state index contributed by atoms with van der Waals surface area (Å²) in [5.41, 5.74) is 9.42. The summed E-state index contributed by atoms with van der Waals surface area (Å²) in [5.74, 6) is 2.19. The van der Waals surface area contributed by atoms with Gasteiger partial charge in [-0.25, -0.2) is 4.98 Å². The van der Waals surface area contributed by atoms with Crippen LogP contribution in [0.5, 0.6) is 0 Å². The van der Waals surface area contributed by atoms with E-state index in [0.29, 0.717) is 5.92 Å². The van der Waals surface area contributed by atoms with E-state index in [0.717, 1.165) is 22.9 Å². The van der Waals surface area contributed by atoms with Gasteiger partial charge in [0, 0.05) is 5.56 Å². The van der Waals surface area contributed by atoms with Gasteiger partial charge in [0.05, 0.1) is 0 Å². The van der Waals surface area contributed by atoms with Gasteiger partial charge in [0.2, 0.25) is 0 Å². The maximum atomic E-state index is 5.76. The molecule has 3 atom stereocenters. The lowest BCUT2D eigenvalue weighted by Crippen LogP contribution is -2.26. The molecule has 0 fully saturated rings. The maximum absolute atomic E-state index is 5.76. The molecule has 1 heterocycles. The summed E-state index contributed by atoms with van der Waals surface area (Å²) in [4.78, 5) is 4.47. The zero-order chi connectivity index (χ0) is 16.7. The van der Waals surface area contributed by atoms with E-state index >= 15 is 0 Å². The molecule has 1 aromatic carbocycles. The van der Waals surface area contributed by atoms with Crippen molar-refractivity contribution in [2.24, 2.45) is 5.92 Å². The molecule has 2 aromatic rings. The summed E-state index contributed by atoms with van der Waals surface area (Å²) in [6.07, 6.45) is 6.82. The molecule has 4 rings (SSSR count). The number of hydrogen-bond acceptors (Lipinski definition) is 2. The SMILES string of the molecule is C=C(C)C.Cc1c2c3c(c4ocnc14)[C@@H](C)CC[C@@H]3[C@@H](C)CC2. The van der Waals surface area contributed by atoms with Crippen LogP contribution in [0, 0.1) is 12.8 Å². The van der Waals surface area contributed by atoms with E-state index in [1.807, 2.05) is 13.8 Å². The van der Waals surface area contributed by atoms with Crippen LogP contribution in [0.2, 0.25) is 0 Å². The molecule has 0 amide bonds. The quantitative estimate of drug-likeness (QED) is 0.535. The van der Waals surface area contributed by atoms with E-state index in [1.54, 1.807) is 17.5 Å². The highest BCUT2D eigenvalue weighted by Crippen LogP contribution is 2.51. The summed E-state index contributed by atoms with van der Waals surface area (Å²) in [6.45, 7) is 14.5. The maximum Gasteiger partial charge on any atom is 0.182 e. The highest BCUT2D eigenvalue weighted by atomic mass is 16.3. The first-order valence-corrected chi connectivity index (χ1v) is 8.92. The monoisotopic (exact) mass is 311 g/mol. The van der Waals surface area contributed by atoms with Crippen molar-refractivity contribution in [3.63, 3.8) is 0 Å². The molecule has 0 saturated heterocycles. The average molecular weight is 311 g/mol. The number of hydrogen-bond donors (Lipinski definition) is 0. The summed E-state index contributed by atoms with van der Waals surface area (Å²) in [5, 5.41) is 0. The Labute approximate surface area is 140 Å². The molecular weight excluding hydrogens is 282 g/mol. The predicted molar refractivity (Wildman–Crippen MR) is 97.1 cm³/mol. The second-order valence-corrected chi connectivity index (χ2v) is 7.77. The lowest BCUT2D eigenvalue weighted by Gasteiger charge is -2.39. The zero-order valence-corrected chi connectivity index (χ0v) is 15.2. The van der Waals surface area contributed by atoms with Gasteiger partial charge in [-0.15, -0.1) is 6.58 Å². The number of fused-ring (bicyclic) bond motifs is 2. The Morgan fingerprint density at radius 3 is 2.57 bits per heavy atom. The van der Waals surface area contributed by atoms with Crippen LogP contribution in [0.15, 0.2) is 23.0 Å². The normalized spacial score (nSPS) is 25.5. The Bertz CT molecular complexity index is 736. The van der Waals surface area contributed by atoms with E-state index in [-0.39, 0.29) is 0 Å². The van der Waals surface area contributed by atoms with Gasteiger partial charge in [-0.2, -0.15) is 0 Å². The van der Waals surface area contributed by atoms with Crippen LogP contribution in [0.25, 0.3) is 11.1 Å². The molecule has 2 heteroatoms. The molecule has 0 unspecified atom stereocenters. The minimum Gasteiger partial charge on any atom is -0.443 e. The van der Waals surface area contributed by atoms with Crippen LogP contribution < -0.4 is 0 Å². The highest BCUT2D eigenvalue weighted by molar-refractivity contribution is 5.84. The Kier molecular flexibility index (Phi) is 4.35. The fourth-order valence-corrected chi connectivity index (χ4v) is 4.43. The van der Waals surface area contributed by atoms with Crippen LogP contribution >= 0.6 is 0 Å². The minimum atomic E-state index is 0.617. The van der Waals surface area contributed by atoms with Crippen LogP contribution in [-0.2, 0) is 6.42 Å². The number of oxazole rings is 1. The lowest BCUT2D eigenvalue weighted by atomic mass is 9.65. The van der Waals surface area contributed by atoms with Crippen molar-refractivity contribution in [2.45, 2.75) is 72.1 Å². The second-order valence-electron chi connectivity index (χ2n) is 7.77. The number of benzene rings is 1. The standard InChI is InChI=1S/C17H21NO.C4H8/c1-9-4-7-13-11(3)16-17(19-8-18-16)14-10(2)5-6-12(9)15(13)14;1-4(2)3/h8-10,12H,4-7H2,1-3H3;1H2,2-3H3/t9-,10-,12+;/m0./s1. The van der Waals surface area contributed by atoms with E-state index in [4.69, 9.17) is 4.42 Å². The Morgan fingerprint density at radius 2 is 1.87 bits per heavy atom. The average Bonchev–Trinajstić information content (AvgIpc) is 2.95. The van der Waals surface area contributed by atoms with Crippen molar-refractivity contribution in [1.29, 1.82) is 0 Å². The molecule has 0 bridgehead atoms. The molecule has 1 aromatic heterocycles. The number of rotatable bonds is 0. The Hall–Kier alpha value is -1.57. The molecule has 23 heavy (non-hydrogen) atoms. The first kappa shape index (κ1) is 16.3. The minimum absolute atomic E-state index is 0.617. The van der Waals surface area contributed by atoms with Crippen molar-refractivity contribution < 1.29 is 4.42 Å². The Balaban J connectivity index is 0.000000354. The summed E-state index contributed by atoms with van der Waals surface area (Å²) in [7, 11) is 0. The predicted octanol–water partition coefficient (Wildman–Crippen LogP) is 6.28. The summed E-state index contributed by atoms with van der Waals surface area (Å²) in [6, 6.07) is 0. The fraction of sp³-hybridized carbons (Fsp3) is 0.571. The van der Waals surface area contributed by atoms with Gasteiger partial charge in [0.15, 0.2) is 12.0 Å².